The maximum absolute atomic E-state index is 12.2. The molecule has 0 aliphatic carbocycles. The van der Waals surface area contributed by atoms with Gasteiger partial charge < -0.3 is 15.5 Å². The largest absolute Gasteiger partial charge is 0.353 e. The fourth-order valence-corrected chi connectivity index (χ4v) is 2.52. The van der Waals surface area contributed by atoms with Gasteiger partial charge in [-0.2, -0.15) is 0 Å². The van der Waals surface area contributed by atoms with Crippen LogP contribution in [0.5, 0.6) is 0 Å². The fourth-order valence-electron chi connectivity index (χ4n) is 2.52. The SMILES string of the molecule is CC[C@@H](C)NC(=O)[C@H]1CC(=O)N(c2ccc(NC(C)=O)cc2)C1. The molecule has 6 heteroatoms. The van der Waals surface area contributed by atoms with Crippen LogP contribution in [0.2, 0.25) is 0 Å². The Morgan fingerprint density at radius 3 is 2.52 bits per heavy atom. The first-order valence-corrected chi connectivity index (χ1v) is 7.89. The molecule has 1 aliphatic rings. The van der Waals surface area contributed by atoms with Gasteiger partial charge in [0.1, 0.15) is 0 Å². The maximum Gasteiger partial charge on any atom is 0.227 e. The quantitative estimate of drug-likeness (QED) is 0.871. The highest BCUT2D eigenvalue weighted by atomic mass is 16.2. The van der Waals surface area contributed by atoms with Crippen molar-refractivity contribution in [1.82, 2.24) is 5.32 Å². The average Bonchev–Trinajstić information content (AvgIpc) is 2.89. The maximum atomic E-state index is 12.2. The molecule has 1 heterocycles. The van der Waals surface area contributed by atoms with Crippen LogP contribution in [0, 0.1) is 5.92 Å². The zero-order valence-corrected chi connectivity index (χ0v) is 13.8. The van der Waals surface area contributed by atoms with E-state index in [1.165, 1.54) is 6.92 Å². The van der Waals surface area contributed by atoms with E-state index in [1.54, 1.807) is 29.2 Å². The van der Waals surface area contributed by atoms with Crippen LogP contribution in [0.25, 0.3) is 0 Å². The molecule has 2 rings (SSSR count). The third-order valence-electron chi connectivity index (χ3n) is 4.00. The molecule has 1 aliphatic heterocycles. The van der Waals surface area contributed by atoms with Gasteiger partial charge in [0.15, 0.2) is 0 Å². The van der Waals surface area contributed by atoms with Crippen LogP contribution in [0.15, 0.2) is 24.3 Å². The highest BCUT2D eigenvalue weighted by Gasteiger charge is 2.35. The van der Waals surface area contributed by atoms with Gasteiger partial charge in [0.25, 0.3) is 0 Å². The first kappa shape index (κ1) is 17.0. The molecule has 3 amide bonds. The van der Waals surface area contributed by atoms with Crippen molar-refractivity contribution >= 4 is 29.1 Å². The summed E-state index contributed by atoms with van der Waals surface area (Å²) < 4.78 is 0. The van der Waals surface area contributed by atoms with Crippen molar-refractivity contribution in [2.45, 2.75) is 39.7 Å². The predicted molar refractivity (Wildman–Crippen MR) is 89.1 cm³/mol. The summed E-state index contributed by atoms with van der Waals surface area (Å²) in [5.41, 5.74) is 1.42. The highest BCUT2D eigenvalue weighted by molar-refractivity contribution is 6.00. The molecule has 0 aromatic heterocycles. The molecule has 1 aromatic rings. The summed E-state index contributed by atoms with van der Waals surface area (Å²) in [5.74, 6) is -0.574. The Balaban J connectivity index is 2.02. The fraction of sp³-hybridized carbons (Fsp3) is 0.471. The first-order chi connectivity index (χ1) is 10.9. The van der Waals surface area contributed by atoms with Crippen LogP contribution in [0.1, 0.15) is 33.6 Å². The van der Waals surface area contributed by atoms with E-state index in [1.807, 2.05) is 13.8 Å². The van der Waals surface area contributed by atoms with Crippen LogP contribution in [0.4, 0.5) is 11.4 Å². The molecule has 2 N–H and O–H groups in total. The number of anilines is 2. The second-order valence-electron chi connectivity index (χ2n) is 5.95. The molecular formula is C17H23N3O3. The number of carbonyl (C=O) groups excluding carboxylic acids is 3. The number of benzene rings is 1. The van der Waals surface area contributed by atoms with Crippen molar-refractivity contribution in [3.05, 3.63) is 24.3 Å². The normalized spacial score (nSPS) is 18.7. The number of nitrogens with one attached hydrogen (secondary N) is 2. The molecule has 0 unspecified atom stereocenters. The number of nitrogens with zero attached hydrogens (tertiary/aromatic N) is 1. The minimum absolute atomic E-state index is 0.0541. The second-order valence-corrected chi connectivity index (χ2v) is 5.95. The van der Waals surface area contributed by atoms with Crippen LogP contribution >= 0.6 is 0 Å². The van der Waals surface area contributed by atoms with Crippen molar-refractivity contribution in [3.8, 4) is 0 Å². The molecule has 1 fully saturated rings. The summed E-state index contributed by atoms with van der Waals surface area (Å²) in [7, 11) is 0. The lowest BCUT2D eigenvalue weighted by Gasteiger charge is -2.18. The average molecular weight is 317 g/mol. The lowest BCUT2D eigenvalue weighted by molar-refractivity contribution is -0.126. The first-order valence-electron chi connectivity index (χ1n) is 7.89. The van der Waals surface area contributed by atoms with Crippen molar-refractivity contribution in [3.63, 3.8) is 0 Å². The molecule has 0 bridgehead atoms. The predicted octanol–water partition coefficient (Wildman–Crippen LogP) is 1.91. The van der Waals surface area contributed by atoms with Crippen molar-refractivity contribution in [2.24, 2.45) is 5.92 Å². The standard InChI is InChI=1S/C17H23N3O3/c1-4-11(2)18-17(23)13-9-16(22)20(10-13)15-7-5-14(6-8-15)19-12(3)21/h5-8,11,13H,4,9-10H2,1-3H3,(H,18,23)(H,19,21)/t11-,13+/m1/s1. The van der Waals surface area contributed by atoms with Gasteiger partial charge in [-0.25, -0.2) is 0 Å². The molecule has 0 spiro atoms. The molecule has 23 heavy (non-hydrogen) atoms. The van der Waals surface area contributed by atoms with E-state index in [-0.39, 0.29) is 36.1 Å². The zero-order chi connectivity index (χ0) is 17.0. The van der Waals surface area contributed by atoms with Crippen LogP contribution < -0.4 is 15.5 Å². The Bertz CT molecular complexity index is 598. The van der Waals surface area contributed by atoms with E-state index in [2.05, 4.69) is 10.6 Å². The minimum atomic E-state index is -0.313. The molecule has 2 atom stereocenters. The lowest BCUT2D eigenvalue weighted by Crippen LogP contribution is -2.38. The highest BCUT2D eigenvalue weighted by Crippen LogP contribution is 2.26. The number of rotatable bonds is 5. The molecular weight excluding hydrogens is 294 g/mol. The van der Waals surface area contributed by atoms with Gasteiger partial charge in [0.05, 0.1) is 5.92 Å². The Hall–Kier alpha value is -2.37. The summed E-state index contributed by atoms with van der Waals surface area (Å²) in [4.78, 5) is 37.0. The van der Waals surface area contributed by atoms with Gasteiger partial charge >= 0.3 is 0 Å². The summed E-state index contributed by atoms with van der Waals surface area (Å²) in [5, 5.41) is 5.61. The van der Waals surface area contributed by atoms with Gasteiger partial charge in [-0.3, -0.25) is 14.4 Å². The summed E-state index contributed by atoms with van der Waals surface area (Å²) in [6.07, 6.45) is 1.09. The van der Waals surface area contributed by atoms with E-state index in [0.717, 1.165) is 12.1 Å². The van der Waals surface area contributed by atoms with Gasteiger partial charge in [-0.05, 0) is 37.6 Å². The third-order valence-corrected chi connectivity index (χ3v) is 4.00. The van der Waals surface area contributed by atoms with Crippen molar-refractivity contribution in [2.75, 3.05) is 16.8 Å². The van der Waals surface area contributed by atoms with Crippen molar-refractivity contribution in [1.29, 1.82) is 0 Å². The smallest absolute Gasteiger partial charge is 0.227 e. The molecule has 0 saturated carbocycles. The topological polar surface area (TPSA) is 78.5 Å². The van der Waals surface area contributed by atoms with Crippen molar-refractivity contribution < 1.29 is 14.4 Å². The van der Waals surface area contributed by atoms with Crippen LogP contribution in [-0.2, 0) is 14.4 Å². The molecule has 1 aromatic carbocycles. The molecule has 124 valence electrons. The number of carbonyl (C=O) groups is 3. The summed E-state index contributed by atoms with van der Waals surface area (Å²) in [6.45, 7) is 5.79. The third kappa shape index (κ3) is 4.31. The van der Waals surface area contributed by atoms with Crippen LogP contribution in [-0.4, -0.2) is 30.3 Å². The van der Waals surface area contributed by atoms with E-state index in [4.69, 9.17) is 0 Å². The minimum Gasteiger partial charge on any atom is -0.353 e. The van der Waals surface area contributed by atoms with E-state index in [0.29, 0.717) is 12.2 Å². The van der Waals surface area contributed by atoms with E-state index >= 15 is 0 Å². The number of amides is 3. The Morgan fingerprint density at radius 2 is 1.96 bits per heavy atom. The molecule has 1 saturated heterocycles. The molecule has 0 radical (unpaired) electrons. The Labute approximate surface area is 136 Å². The zero-order valence-electron chi connectivity index (χ0n) is 13.8. The van der Waals surface area contributed by atoms with Crippen LogP contribution in [0.3, 0.4) is 0 Å². The number of hydrogen-bond acceptors (Lipinski definition) is 3. The van der Waals surface area contributed by atoms with Gasteiger partial charge in [-0.15, -0.1) is 0 Å². The van der Waals surface area contributed by atoms with Gasteiger partial charge in [0.2, 0.25) is 17.7 Å². The molecule has 6 nitrogen and oxygen atoms in total. The summed E-state index contributed by atoms with van der Waals surface area (Å²) >= 11 is 0. The summed E-state index contributed by atoms with van der Waals surface area (Å²) in [6, 6.07) is 7.16. The van der Waals surface area contributed by atoms with E-state index in [9.17, 15) is 14.4 Å². The second kappa shape index (κ2) is 7.26. The lowest BCUT2D eigenvalue weighted by atomic mass is 10.1. The van der Waals surface area contributed by atoms with Gasteiger partial charge in [0, 0.05) is 37.3 Å². The monoisotopic (exact) mass is 317 g/mol. The van der Waals surface area contributed by atoms with E-state index < -0.39 is 0 Å². The Morgan fingerprint density at radius 1 is 1.30 bits per heavy atom. The number of hydrogen-bond donors (Lipinski definition) is 2. The Kier molecular flexibility index (Phi) is 5.36. The van der Waals surface area contributed by atoms with Gasteiger partial charge in [-0.1, -0.05) is 6.92 Å².